The van der Waals surface area contributed by atoms with Gasteiger partial charge < -0.3 is 4.57 Å². The SMILES string of the molecule is Cn1cc(C=C2C(=O)NC(=S)N(Cc3ccc(F)cc3)C2=O)c2ccccc21. The maximum atomic E-state index is 13.1. The highest BCUT2D eigenvalue weighted by Gasteiger charge is 2.33. The van der Waals surface area contributed by atoms with Crippen molar-refractivity contribution in [3.8, 4) is 0 Å². The molecule has 0 unspecified atom stereocenters. The van der Waals surface area contributed by atoms with Crippen LogP contribution in [0.25, 0.3) is 17.0 Å². The molecule has 2 aromatic carbocycles. The number of amides is 2. The molecular weight excluding hydrogens is 377 g/mol. The van der Waals surface area contributed by atoms with E-state index in [9.17, 15) is 14.0 Å². The maximum Gasteiger partial charge on any atom is 0.265 e. The van der Waals surface area contributed by atoms with Crippen LogP contribution in [0.2, 0.25) is 0 Å². The normalized spacial score (nSPS) is 16.1. The van der Waals surface area contributed by atoms with Crippen molar-refractivity contribution in [2.24, 2.45) is 7.05 Å². The molecule has 1 saturated heterocycles. The smallest absolute Gasteiger partial charge is 0.265 e. The minimum atomic E-state index is -0.529. The van der Waals surface area contributed by atoms with E-state index in [1.54, 1.807) is 18.2 Å². The molecule has 28 heavy (non-hydrogen) atoms. The molecule has 1 aliphatic heterocycles. The van der Waals surface area contributed by atoms with E-state index in [1.165, 1.54) is 17.0 Å². The van der Waals surface area contributed by atoms with Crippen molar-refractivity contribution in [3.63, 3.8) is 0 Å². The first-order chi connectivity index (χ1) is 13.4. The van der Waals surface area contributed by atoms with Crippen LogP contribution in [0.5, 0.6) is 0 Å². The summed E-state index contributed by atoms with van der Waals surface area (Å²) in [6.07, 6.45) is 3.45. The molecule has 3 aromatic rings. The quantitative estimate of drug-likeness (QED) is 0.423. The third-order valence-corrected chi connectivity index (χ3v) is 4.99. The van der Waals surface area contributed by atoms with Crippen molar-refractivity contribution in [3.05, 3.63) is 77.2 Å². The number of hydrogen-bond donors (Lipinski definition) is 1. The summed E-state index contributed by atoms with van der Waals surface area (Å²) in [7, 11) is 1.91. The van der Waals surface area contributed by atoms with Crippen LogP contribution in [0, 0.1) is 5.82 Å². The summed E-state index contributed by atoms with van der Waals surface area (Å²) >= 11 is 5.17. The highest BCUT2D eigenvalue weighted by Crippen LogP contribution is 2.24. The van der Waals surface area contributed by atoms with Crippen molar-refractivity contribution in [1.29, 1.82) is 0 Å². The van der Waals surface area contributed by atoms with Gasteiger partial charge in [-0.25, -0.2) is 4.39 Å². The Labute approximate surface area is 166 Å². The second-order valence-electron chi connectivity index (χ2n) is 6.55. The van der Waals surface area contributed by atoms with Crippen LogP contribution in [0.4, 0.5) is 4.39 Å². The summed E-state index contributed by atoms with van der Waals surface area (Å²) in [4.78, 5) is 26.7. The molecule has 2 amide bonds. The van der Waals surface area contributed by atoms with Gasteiger partial charge in [0, 0.05) is 29.7 Å². The Bertz CT molecular complexity index is 1150. The van der Waals surface area contributed by atoms with Crippen LogP contribution in [0.1, 0.15) is 11.1 Å². The number of para-hydroxylation sites is 1. The second-order valence-corrected chi connectivity index (χ2v) is 6.93. The number of halogens is 1. The minimum absolute atomic E-state index is 0.00654. The number of hydrogen-bond acceptors (Lipinski definition) is 3. The van der Waals surface area contributed by atoms with Gasteiger partial charge in [0.1, 0.15) is 11.4 Å². The van der Waals surface area contributed by atoms with Crippen LogP contribution in [0.15, 0.2) is 60.3 Å². The summed E-state index contributed by atoms with van der Waals surface area (Å²) in [5.74, 6) is -1.37. The molecular formula is C21H16FN3O2S. The summed E-state index contributed by atoms with van der Waals surface area (Å²) in [5.41, 5.74) is 2.48. The highest BCUT2D eigenvalue weighted by molar-refractivity contribution is 7.80. The number of rotatable bonds is 3. The topological polar surface area (TPSA) is 54.3 Å². The molecule has 0 atom stereocenters. The van der Waals surface area contributed by atoms with Crippen LogP contribution in [0.3, 0.4) is 0 Å². The molecule has 2 heterocycles. The van der Waals surface area contributed by atoms with E-state index < -0.39 is 11.8 Å². The number of fused-ring (bicyclic) bond motifs is 1. The molecule has 0 radical (unpaired) electrons. The molecule has 1 fully saturated rings. The molecule has 140 valence electrons. The summed E-state index contributed by atoms with van der Waals surface area (Å²) in [6, 6.07) is 13.5. The van der Waals surface area contributed by atoms with Crippen LogP contribution in [-0.2, 0) is 23.2 Å². The Morgan fingerprint density at radius 3 is 2.57 bits per heavy atom. The molecule has 0 aliphatic carbocycles. The zero-order valence-electron chi connectivity index (χ0n) is 15.0. The van der Waals surface area contributed by atoms with E-state index in [-0.39, 0.29) is 23.0 Å². The summed E-state index contributed by atoms with van der Waals surface area (Å²) in [5, 5.41) is 3.54. The largest absolute Gasteiger partial charge is 0.350 e. The van der Waals surface area contributed by atoms with Gasteiger partial charge in [-0.15, -0.1) is 0 Å². The number of benzene rings is 2. The Morgan fingerprint density at radius 2 is 1.82 bits per heavy atom. The van der Waals surface area contributed by atoms with Gasteiger partial charge in [0.25, 0.3) is 11.8 Å². The first-order valence-corrected chi connectivity index (χ1v) is 9.02. The number of nitrogens with zero attached hydrogens (tertiary/aromatic N) is 2. The molecule has 1 N–H and O–H groups in total. The number of aryl methyl sites for hydroxylation is 1. The lowest BCUT2D eigenvalue weighted by molar-refractivity contribution is -0.129. The number of carbonyl (C=O) groups is 2. The monoisotopic (exact) mass is 393 g/mol. The van der Waals surface area contributed by atoms with Crippen LogP contribution >= 0.6 is 12.2 Å². The molecule has 0 bridgehead atoms. The molecule has 1 aliphatic rings. The molecule has 1 aromatic heterocycles. The van der Waals surface area contributed by atoms with E-state index in [2.05, 4.69) is 5.32 Å². The number of aromatic nitrogens is 1. The van der Waals surface area contributed by atoms with Gasteiger partial charge in [0.2, 0.25) is 0 Å². The van der Waals surface area contributed by atoms with Gasteiger partial charge in [-0.2, -0.15) is 0 Å². The van der Waals surface area contributed by atoms with Crippen molar-refractivity contribution in [2.75, 3.05) is 0 Å². The van der Waals surface area contributed by atoms with E-state index in [4.69, 9.17) is 12.2 Å². The summed E-state index contributed by atoms with van der Waals surface area (Å²) < 4.78 is 15.1. The Kier molecular flexibility index (Phi) is 4.52. The van der Waals surface area contributed by atoms with Crippen LogP contribution < -0.4 is 5.32 Å². The van der Waals surface area contributed by atoms with Crippen molar-refractivity contribution >= 4 is 46.1 Å². The lowest BCUT2D eigenvalue weighted by atomic mass is 10.1. The van der Waals surface area contributed by atoms with Crippen molar-refractivity contribution < 1.29 is 14.0 Å². The van der Waals surface area contributed by atoms with Gasteiger partial charge in [0.05, 0.1) is 6.54 Å². The highest BCUT2D eigenvalue weighted by atomic mass is 32.1. The number of carbonyl (C=O) groups excluding carboxylic acids is 2. The first kappa shape index (κ1) is 18.1. The zero-order chi connectivity index (χ0) is 19.8. The maximum absolute atomic E-state index is 13.1. The minimum Gasteiger partial charge on any atom is -0.350 e. The van der Waals surface area contributed by atoms with Gasteiger partial charge >= 0.3 is 0 Å². The van der Waals surface area contributed by atoms with Gasteiger partial charge in [-0.3, -0.25) is 19.8 Å². The standard InChI is InChI=1S/C21H16FN3O2S/c1-24-12-14(16-4-2-3-5-18(16)24)10-17-19(26)23-21(28)25(20(17)27)11-13-6-8-15(22)9-7-13/h2-10,12H,11H2,1H3,(H,23,26,28). The van der Waals surface area contributed by atoms with E-state index in [0.29, 0.717) is 5.56 Å². The van der Waals surface area contributed by atoms with Crippen LogP contribution in [-0.4, -0.2) is 26.4 Å². The predicted molar refractivity (Wildman–Crippen MR) is 109 cm³/mol. The number of nitrogens with one attached hydrogen (secondary N) is 1. The Balaban J connectivity index is 1.70. The van der Waals surface area contributed by atoms with Gasteiger partial charge in [-0.05, 0) is 42.1 Å². The lowest BCUT2D eigenvalue weighted by Crippen LogP contribution is -2.53. The third-order valence-electron chi connectivity index (χ3n) is 4.67. The zero-order valence-corrected chi connectivity index (χ0v) is 15.8. The third kappa shape index (κ3) is 3.20. The van der Waals surface area contributed by atoms with E-state index in [1.807, 2.05) is 42.1 Å². The second kappa shape index (κ2) is 7.01. The van der Waals surface area contributed by atoms with E-state index in [0.717, 1.165) is 16.5 Å². The fraction of sp³-hybridized carbons (Fsp3) is 0.0952. The molecule has 0 spiro atoms. The molecule has 7 heteroatoms. The van der Waals surface area contributed by atoms with Gasteiger partial charge in [0.15, 0.2) is 5.11 Å². The van der Waals surface area contributed by atoms with E-state index >= 15 is 0 Å². The molecule has 0 saturated carbocycles. The number of thiocarbonyl (C=S) groups is 1. The average molecular weight is 393 g/mol. The van der Waals surface area contributed by atoms with Crippen molar-refractivity contribution in [2.45, 2.75) is 6.54 Å². The summed E-state index contributed by atoms with van der Waals surface area (Å²) in [6.45, 7) is 0.144. The fourth-order valence-corrected chi connectivity index (χ4v) is 3.49. The average Bonchev–Trinajstić information content (AvgIpc) is 3.00. The predicted octanol–water partition coefficient (Wildman–Crippen LogP) is 3.14. The lowest BCUT2D eigenvalue weighted by Gasteiger charge is -2.29. The Hall–Kier alpha value is -3.32. The van der Waals surface area contributed by atoms with Gasteiger partial charge in [-0.1, -0.05) is 30.3 Å². The molecule has 4 rings (SSSR count). The Morgan fingerprint density at radius 1 is 1.11 bits per heavy atom. The first-order valence-electron chi connectivity index (χ1n) is 8.61. The fourth-order valence-electron chi connectivity index (χ4n) is 3.25. The molecule has 5 nitrogen and oxygen atoms in total. The van der Waals surface area contributed by atoms with Crippen molar-refractivity contribution in [1.82, 2.24) is 14.8 Å².